The molecule has 21 heavy (non-hydrogen) atoms. The third-order valence-electron chi connectivity index (χ3n) is 4.57. The minimum absolute atomic E-state index is 0.0828. The van der Waals surface area contributed by atoms with Gasteiger partial charge in [0.05, 0.1) is 5.56 Å². The van der Waals surface area contributed by atoms with Crippen molar-refractivity contribution >= 4 is 11.8 Å². The molecule has 1 saturated heterocycles. The molecule has 1 aromatic heterocycles. The number of allylic oxidation sites excluding steroid dienone is 1. The number of piperidine rings is 1. The van der Waals surface area contributed by atoms with E-state index in [0.29, 0.717) is 18.5 Å². The Labute approximate surface area is 124 Å². The van der Waals surface area contributed by atoms with E-state index >= 15 is 0 Å². The molecule has 5 nitrogen and oxygen atoms in total. The molecule has 2 aliphatic rings. The van der Waals surface area contributed by atoms with Crippen LogP contribution in [0.25, 0.3) is 0 Å². The number of carbonyl (C=O) groups is 2. The largest absolute Gasteiger partial charge is 0.351 e. The zero-order valence-electron chi connectivity index (χ0n) is 12.1. The second-order valence-corrected chi connectivity index (χ2v) is 5.79. The Morgan fingerprint density at radius 1 is 1.48 bits per heavy atom. The van der Waals surface area contributed by atoms with Crippen LogP contribution >= 0.6 is 0 Å². The summed E-state index contributed by atoms with van der Waals surface area (Å²) >= 11 is 0. The highest BCUT2D eigenvalue weighted by molar-refractivity contribution is 5.93. The minimum Gasteiger partial charge on any atom is -0.351 e. The summed E-state index contributed by atoms with van der Waals surface area (Å²) in [6.07, 6.45) is 8.67. The predicted molar refractivity (Wildman–Crippen MR) is 78.3 cm³/mol. The predicted octanol–water partition coefficient (Wildman–Crippen LogP) is 1.73. The van der Waals surface area contributed by atoms with Crippen LogP contribution in [0.5, 0.6) is 0 Å². The van der Waals surface area contributed by atoms with Crippen LogP contribution in [0, 0.1) is 5.41 Å². The minimum atomic E-state index is -0.108. The Hall–Kier alpha value is -2.17. The van der Waals surface area contributed by atoms with E-state index in [-0.39, 0.29) is 17.2 Å². The fraction of sp³-hybridized carbons (Fsp3) is 0.438. The summed E-state index contributed by atoms with van der Waals surface area (Å²) < 4.78 is 0. The Balaban J connectivity index is 1.71. The van der Waals surface area contributed by atoms with Crippen molar-refractivity contribution in [1.82, 2.24) is 15.2 Å². The van der Waals surface area contributed by atoms with Crippen molar-refractivity contribution in [2.75, 3.05) is 13.6 Å². The van der Waals surface area contributed by atoms with Gasteiger partial charge in [-0.05, 0) is 31.4 Å². The van der Waals surface area contributed by atoms with E-state index in [4.69, 9.17) is 0 Å². The summed E-state index contributed by atoms with van der Waals surface area (Å²) in [7, 11) is 1.83. The SMILES string of the molecule is CN1C(=O)CCC2(CNC(=O)c3cccnc3)CCC=C12. The first-order valence-electron chi connectivity index (χ1n) is 7.28. The smallest absolute Gasteiger partial charge is 0.252 e. The van der Waals surface area contributed by atoms with Gasteiger partial charge in [0.15, 0.2) is 0 Å². The van der Waals surface area contributed by atoms with Crippen molar-refractivity contribution in [2.45, 2.75) is 25.7 Å². The van der Waals surface area contributed by atoms with Crippen molar-refractivity contribution in [2.24, 2.45) is 5.41 Å². The van der Waals surface area contributed by atoms with Crippen molar-refractivity contribution in [3.8, 4) is 0 Å². The van der Waals surface area contributed by atoms with Gasteiger partial charge >= 0.3 is 0 Å². The molecule has 0 bridgehead atoms. The molecule has 1 aliphatic heterocycles. The summed E-state index contributed by atoms with van der Waals surface area (Å²) in [6.45, 7) is 0.574. The van der Waals surface area contributed by atoms with Gasteiger partial charge in [0.25, 0.3) is 5.91 Å². The molecule has 110 valence electrons. The van der Waals surface area contributed by atoms with Gasteiger partial charge in [0, 0.05) is 43.5 Å². The second kappa shape index (κ2) is 5.31. The van der Waals surface area contributed by atoms with Gasteiger partial charge in [-0.1, -0.05) is 6.08 Å². The van der Waals surface area contributed by atoms with Crippen molar-refractivity contribution < 1.29 is 9.59 Å². The quantitative estimate of drug-likeness (QED) is 0.920. The molecule has 1 atom stereocenters. The van der Waals surface area contributed by atoms with Crippen LogP contribution in [0.1, 0.15) is 36.0 Å². The number of nitrogens with one attached hydrogen (secondary N) is 1. The van der Waals surface area contributed by atoms with Gasteiger partial charge in [-0.25, -0.2) is 0 Å². The standard InChI is InChI=1S/C16H19N3O2/c1-19-13-5-2-7-16(13,8-6-14(19)20)11-18-15(21)12-4-3-9-17-10-12/h3-5,9-10H,2,6-8,11H2,1H3,(H,18,21). The van der Waals surface area contributed by atoms with Gasteiger partial charge in [-0.3, -0.25) is 14.6 Å². The molecule has 1 fully saturated rings. The lowest BCUT2D eigenvalue weighted by Gasteiger charge is -2.41. The number of rotatable bonds is 3. The first-order valence-corrected chi connectivity index (χ1v) is 7.28. The van der Waals surface area contributed by atoms with Gasteiger partial charge in [0.2, 0.25) is 5.91 Å². The van der Waals surface area contributed by atoms with E-state index in [1.165, 1.54) is 0 Å². The lowest BCUT2D eigenvalue weighted by Crippen LogP contribution is -2.46. The number of likely N-dealkylation sites (tertiary alicyclic amines) is 1. The number of amides is 2. The summed E-state index contributed by atoms with van der Waals surface area (Å²) in [5, 5.41) is 3.01. The highest BCUT2D eigenvalue weighted by Gasteiger charge is 2.44. The van der Waals surface area contributed by atoms with Gasteiger partial charge in [-0.2, -0.15) is 0 Å². The van der Waals surface area contributed by atoms with Crippen LogP contribution in [-0.4, -0.2) is 35.3 Å². The molecule has 3 rings (SSSR count). The Bertz CT molecular complexity index is 597. The number of pyridine rings is 1. The first-order chi connectivity index (χ1) is 10.1. The van der Waals surface area contributed by atoms with E-state index < -0.39 is 0 Å². The highest BCUT2D eigenvalue weighted by atomic mass is 16.2. The van der Waals surface area contributed by atoms with Crippen LogP contribution in [0.4, 0.5) is 0 Å². The number of carbonyl (C=O) groups excluding carboxylic acids is 2. The van der Waals surface area contributed by atoms with Crippen molar-refractivity contribution in [1.29, 1.82) is 0 Å². The van der Waals surface area contributed by atoms with Crippen LogP contribution in [0.3, 0.4) is 0 Å². The molecule has 2 heterocycles. The molecule has 1 unspecified atom stereocenters. The summed E-state index contributed by atoms with van der Waals surface area (Å²) in [6, 6.07) is 3.50. The molecule has 1 N–H and O–H groups in total. The molecule has 2 amide bonds. The van der Waals surface area contributed by atoms with Crippen LogP contribution < -0.4 is 5.32 Å². The van der Waals surface area contributed by atoms with E-state index in [9.17, 15) is 9.59 Å². The summed E-state index contributed by atoms with van der Waals surface area (Å²) in [5.41, 5.74) is 1.56. The lowest BCUT2D eigenvalue weighted by molar-refractivity contribution is -0.131. The molecule has 1 aromatic rings. The van der Waals surface area contributed by atoms with Crippen LogP contribution in [0.2, 0.25) is 0 Å². The molecule has 1 aliphatic carbocycles. The maximum Gasteiger partial charge on any atom is 0.252 e. The third kappa shape index (κ3) is 2.44. The molecule has 0 aromatic carbocycles. The monoisotopic (exact) mass is 285 g/mol. The van der Waals surface area contributed by atoms with Gasteiger partial charge in [-0.15, -0.1) is 0 Å². The third-order valence-corrected chi connectivity index (χ3v) is 4.57. The zero-order valence-corrected chi connectivity index (χ0v) is 12.1. The lowest BCUT2D eigenvalue weighted by atomic mass is 9.77. The zero-order chi connectivity index (χ0) is 14.9. The highest BCUT2D eigenvalue weighted by Crippen LogP contribution is 2.46. The summed E-state index contributed by atoms with van der Waals surface area (Å²) in [5.74, 6) is 0.0561. The maximum atomic E-state index is 12.2. The number of nitrogens with zero attached hydrogens (tertiary/aromatic N) is 2. The van der Waals surface area contributed by atoms with E-state index in [1.54, 1.807) is 29.4 Å². The molecule has 0 spiro atoms. The second-order valence-electron chi connectivity index (χ2n) is 5.79. The Kier molecular flexibility index (Phi) is 3.49. The average Bonchev–Trinajstić information content (AvgIpc) is 2.95. The van der Waals surface area contributed by atoms with Crippen LogP contribution in [0.15, 0.2) is 36.3 Å². The molecular weight excluding hydrogens is 266 g/mol. The maximum absolute atomic E-state index is 12.2. The summed E-state index contributed by atoms with van der Waals surface area (Å²) in [4.78, 5) is 29.7. The molecule has 0 saturated carbocycles. The number of fused-ring (bicyclic) bond motifs is 1. The van der Waals surface area contributed by atoms with Crippen molar-refractivity contribution in [3.63, 3.8) is 0 Å². The number of aromatic nitrogens is 1. The van der Waals surface area contributed by atoms with Crippen LogP contribution in [-0.2, 0) is 4.79 Å². The number of hydrogen-bond donors (Lipinski definition) is 1. The molecule has 0 radical (unpaired) electrons. The average molecular weight is 285 g/mol. The Morgan fingerprint density at radius 2 is 2.33 bits per heavy atom. The van der Waals surface area contributed by atoms with Gasteiger partial charge < -0.3 is 10.2 Å². The Morgan fingerprint density at radius 3 is 3.10 bits per heavy atom. The molecule has 5 heteroatoms. The van der Waals surface area contributed by atoms with E-state index in [0.717, 1.165) is 25.0 Å². The van der Waals surface area contributed by atoms with Gasteiger partial charge in [0.1, 0.15) is 0 Å². The first kappa shape index (κ1) is 13.8. The van der Waals surface area contributed by atoms with E-state index in [1.807, 2.05) is 7.05 Å². The topological polar surface area (TPSA) is 62.3 Å². The van der Waals surface area contributed by atoms with Crippen molar-refractivity contribution in [3.05, 3.63) is 41.9 Å². The fourth-order valence-electron chi connectivity index (χ4n) is 3.34. The molecular formula is C16H19N3O2. The fourth-order valence-corrected chi connectivity index (χ4v) is 3.34. The number of hydrogen-bond acceptors (Lipinski definition) is 3. The normalized spacial score (nSPS) is 24.5. The van der Waals surface area contributed by atoms with E-state index in [2.05, 4.69) is 16.4 Å².